The number of nitrogens with zero attached hydrogens (tertiary/aromatic N) is 2. The fourth-order valence-corrected chi connectivity index (χ4v) is 2.78. The highest BCUT2D eigenvalue weighted by atomic mass is 16.5. The van der Waals surface area contributed by atoms with Gasteiger partial charge in [-0.1, -0.05) is 13.8 Å². The lowest BCUT2D eigenvalue weighted by Gasteiger charge is -2.27. The Morgan fingerprint density at radius 2 is 1.73 bits per heavy atom. The van der Waals surface area contributed by atoms with Crippen LogP contribution in [0.25, 0.3) is 0 Å². The van der Waals surface area contributed by atoms with Crippen LogP contribution in [0.4, 0.5) is 0 Å². The highest BCUT2D eigenvalue weighted by Gasteiger charge is 2.25. The van der Waals surface area contributed by atoms with E-state index < -0.39 is 0 Å². The molecule has 2 amide bonds. The zero-order chi connectivity index (χ0) is 22.3. The Balaban J connectivity index is 2.25. The number of oxazole rings is 1. The number of ether oxygens (including phenoxy) is 2. The summed E-state index contributed by atoms with van der Waals surface area (Å²) in [5.41, 5.74) is 0.637. The number of amides is 2. The van der Waals surface area contributed by atoms with Gasteiger partial charge in [-0.15, -0.1) is 0 Å². The maximum Gasteiger partial charge on any atom is 0.273 e. The second kappa shape index (κ2) is 10.7. The van der Waals surface area contributed by atoms with E-state index in [4.69, 9.17) is 13.9 Å². The Morgan fingerprint density at radius 3 is 2.27 bits per heavy atom. The minimum absolute atomic E-state index is 0.0406. The van der Waals surface area contributed by atoms with Crippen molar-refractivity contribution >= 4 is 11.8 Å². The van der Waals surface area contributed by atoms with Gasteiger partial charge in [-0.3, -0.25) is 9.59 Å². The number of carbonyl (C=O) groups excluding carboxylic acids is 2. The molecule has 0 bridgehead atoms. The third kappa shape index (κ3) is 5.75. The van der Waals surface area contributed by atoms with Gasteiger partial charge in [0, 0.05) is 23.7 Å². The van der Waals surface area contributed by atoms with Gasteiger partial charge in [0.15, 0.2) is 5.69 Å². The van der Waals surface area contributed by atoms with E-state index in [2.05, 4.69) is 10.3 Å². The van der Waals surface area contributed by atoms with Crippen molar-refractivity contribution in [2.75, 3.05) is 14.2 Å². The van der Waals surface area contributed by atoms with Crippen LogP contribution in [0.2, 0.25) is 0 Å². The predicted octanol–water partition coefficient (Wildman–Crippen LogP) is 3.66. The van der Waals surface area contributed by atoms with E-state index >= 15 is 0 Å². The van der Waals surface area contributed by atoms with Gasteiger partial charge in [-0.2, -0.15) is 0 Å². The van der Waals surface area contributed by atoms with Gasteiger partial charge < -0.3 is 24.1 Å². The van der Waals surface area contributed by atoms with Crippen LogP contribution >= 0.6 is 0 Å². The molecule has 1 heterocycles. The summed E-state index contributed by atoms with van der Waals surface area (Å²) >= 11 is 0. The maximum atomic E-state index is 13.3. The Morgan fingerprint density at radius 1 is 1.10 bits per heavy atom. The zero-order valence-corrected chi connectivity index (χ0v) is 18.5. The molecular formula is C22H31N3O5. The molecule has 1 aromatic carbocycles. The first-order valence-electron chi connectivity index (χ1n) is 10.1. The predicted molar refractivity (Wildman–Crippen MR) is 113 cm³/mol. The molecule has 0 fully saturated rings. The van der Waals surface area contributed by atoms with Crippen molar-refractivity contribution in [3.8, 4) is 11.5 Å². The van der Waals surface area contributed by atoms with E-state index in [-0.39, 0.29) is 36.1 Å². The number of carbonyl (C=O) groups is 2. The molecule has 30 heavy (non-hydrogen) atoms. The summed E-state index contributed by atoms with van der Waals surface area (Å²) in [6.07, 6.45) is 2.88. The van der Waals surface area contributed by atoms with Crippen LogP contribution < -0.4 is 14.8 Å². The van der Waals surface area contributed by atoms with Crippen molar-refractivity contribution in [3.63, 3.8) is 0 Å². The van der Waals surface area contributed by atoms with Crippen molar-refractivity contribution in [1.82, 2.24) is 15.2 Å². The van der Waals surface area contributed by atoms with Crippen LogP contribution in [-0.4, -0.2) is 48.0 Å². The largest absolute Gasteiger partial charge is 0.497 e. The van der Waals surface area contributed by atoms with Gasteiger partial charge in [0.1, 0.15) is 17.8 Å². The van der Waals surface area contributed by atoms with E-state index in [9.17, 15) is 9.59 Å². The molecule has 0 aliphatic heterocycles. The van der Waals surface area contributed by atoms with Crippen LogP contribution in [0.15, 0.2) is 28.9 Å². The molecule has 164 valence electrons. The molecule has 2 rings (SSSR count). The van der Waals surface area contributed by atoms with Crippen LogP contribution in [0, 0.1) is 0 Å². The fraction of sp³-hybridized carbons (Fsp3) is 0.500. The second-order valence-electron chi connectivity index (χ2n) is 7.20. The van der Waals surface area contributed by atoms with Crippen molar-refractivity contribution in [2.24, 2.45) is 0 Å². The Bertz CT molecular complexity index is 842. The average Bonchev–Trinajstić information content (AvgIpc) is 3.24. The quantitative estimate of drug-likeness (QED) is 0.634. The van der Waals surface area contributed by atoms with E-state index in [0.29, 0.717) is 23.0 Å². The summed E-state index contributed by atoms with van der Waals surface area (Å²) in [6, 6.07) is 5.01. The molecule has 0 spiro atoms. The van der Waals surface area contributed by atoms with E-state index in [1.54, 1.807) is 23.1 Å². The van der Waals surface area contributed by atoms with Crippen LogP contribution in [-0.2, 0) is 6.54 Å². The van der Waals surface area contributed by atoms with Crippen molar-refractivity contribution < 1.29 is 23.5 Å². The lowest BCUT2D eigenvalue weighted by Crippen LogP contribution is -2.38. The van der Waals surface area contributed by atoms with Gasteiger partial charge in [0.25, 0.3) is 11.8 Å². The summed E-state index contributed by atoms with van der Waals surface area (Å²) in [5, 5.41) is 2.85. The third-order valence-electron chi connectivity index (χ3n) is 5.06. The minimum Gasteiger partial charge on any atom is -0.497 e. The first-order valence-corrected chi connectivity index (χ1v) is 10.1. The Kier molecular flexibility index (Phi) is 8.26. The summed E-state index contributed by atoms with van der Waals surface area (Å²) in [5.74, 6) is 0.861. The number of aromatic nitrogens is 1. The van der Waals surface area contributed by atoms with E-state index in [0.717, 1.165) is 12.8 Å². The summed E-state index contributed by atoms with van der Waals surface area (Å²) < 4.78 is 16.0. The summed E-state index contributed by atoms with van der Waals surface area (Å²) in [7, 11) is 3.07. The smallest absolute Gasteiger partial charge is 0.273 e. The highest BCUT2D eigenvalue weighted by molar-refractivity contribution is 5.95. The molecule has 0 unspecified atom stereocenters. The molecule has 0 saturated heterocycles. The normalized spacial score (nSPS) is 12.7. The number of hydrogen-bond donors (Lipinski definition) is 1. The first kappa shape index (κ1) is 23.3. The lowest BCUT2D eigenvalue weighted by molar-refractivity contribution is 0.0651. The van der Waals surface area contributed by atoms with Gasteiger partial charge in [0.05, 0.1) is 20.8 Å². The van der Waals surface area contributed by atoms with Crippen molar-refractivity contribution in [2.45, 2.75) is 59.2 Å². The number of rotatable bonds is 10. The SMILES string of the molecule is CC[C@@H](C)NC(=O)c1coc(CN(C(=O)c2cc(OC)cc(OC)c2)[C@@H](C)CC)n1. The molecule has 0 aliphatic rings. The summed E-state index contributed by atoms with van der Waals surface area (Å²) in [4.78, 5) is 31.5. The molecule has 0 aliphatic carbocycles. The van der Waals surface area contributed by atoms with Crippen molar-refractivity contribution in [3.05, 3.63) is 41.6 Å². The van der Waals surface area contributed by atoms with Crippen LogP contribution in [0.5, 0.6) is 11.5 Å². The second-order valence-corrected chi connectivity index (χ2v) is 7.20. The fourth-order valence-electron chi connectivity index (χ4n) is 2.78. The molecule has 8 heteroatoms. The Hall–Kier alpha value is -3.03. The summed E-state index contributed by atoms with van der Waals surface area (Å²) in [6.45, 7) is 8.00. The number of methoxy groups -OCH3 is 2. The van der Waals surface area contributed by atoms with Crippen molar-refractivity contribution in [1.29, 1.82) is 0 Å². The molecule has 2 atom stereocenters. The van der Waals surface area contributed by atoms with Gasteiger partial charge in [-0.25, -0.2) is 4.98 Å². The average molecular weight is 418 g/mol. The molecule has 0 saturated carbocycles. The zero-order valence-electron chi connectivity index (χ0n) is 18.5. The number of hydrogen-bond acceptors (Lipinski definition) is 6. The monoisotopic (exact) mass is 417 g/mol. The lowest BCUT2D eigenvalue weighted by atomic mass is 10.1. The molecular weight excluding hydrogens is 386 g/mol. The van der Waals surface area contributed by atoms with Gasteiger partial charge >= 0.3 is 0 Å². The number of nitrogens with one attached hydrogen (secondary N) is 1. The Labute approximate surface area is 177 Å². The molecule has 2 aromatic rings. The van der Waals surface area contributed by atoms with E-state index in [1.165, 1.54) is 20.5 Å². The van der Waals surface area contributed by atoms with Crippen LogP contribution in [0.1, 0.15) is 67.3 Å². The topological polar surface area (TPSA) is 93.9 Å². The molecule has 8 nitrogen and oxygen atoms in total. The van der Waals surface area contributed by atoms with E-state index in [1.807, 2.05) is 27.7 Å². The molecule has 1 aromatic heterocycles. The van der Waals surface area contributed by atoms with Crippen LogP contribution in [0.3, 0.4) is 0 Å². The third-order valence-corrected chi connectivity index (χ3v) is 5.06. The molecule has 0 radical (unpaired) electrons. The number of benzene rings is 1. The van der Waals surface area contributed by atoms with Gasteiger partial charge in [-0.05, 0) is 38.8 Å². The molecule has 1 N–H and O–H groups in total. The maximum absolute atomic E-state index is 13.3. The van der Waals surface area contributed by atoms with Gasteiger partial charge in [0.2, 0.25) is 5.89 Å². The minimum atomic E-state index is -0.293. The highest BCUT2D eigenvalue weighted by Crippen LogP contribution is 2.25. The standard InChI is InChI=1S/C22H31N3O5/c1-7-14(3)23-21(26)19-13-30-20(24-19)12-25(15(4)8-2)22(27)16-9-17(28-5)11-18(10-16)29-6/h9-11,13-15H,7-8,12H2,1-6H3,(H,23,26)/t14-,15+/m1/s1. The first-order chi connectivity index (χ1) is 14.3.